The number of ether oxygens (including phenoxy) is 1. The van der Waals surface area contributed by atoms with Crippen LogP contribution in [-0.4, -0.2) is 6.04 Å². The van der Waals surface area contributed by atoms with Crippen LogP contribution in [0.1, 0.15) is 23.6 Å². The first-order chi connectivity index (χ1) is 9.58. The van der Waals surface area contributed by atoms with Gasteiger partial charge in [-0.2, -0.15) is 0 Å². The van der Waals surface area contributed by atoms with Gasteiger partial charge in [0.05, 0.1) is 0 Å². The zero-order valence-electron chi connectivity index (χ0n) is 11.9. The fourth-order valence-corrected chi connectivity index (χ4v) is 2.14. The molecule has 3 heteroatoms. The van der Waals surface area contributed by atoms with Crippen molar-refractivity contribution in [3.05, 3.63) is 65.0 Å². The van der Waals surface area contributed by atoms with Crippen LogP contribution in [0, 0.1) is 12.7 Å². The van der Waals surface area contributed by atoms with Gasteiger partial charge in [0, 0.05) is 6.04 Å². The van der Waals surface area contributed by atoms with Crippen molar-refractivity contribution in [2.75, 3.05) is 0 Å². The molecule has 1 unspecified atom stereocenters. The summed E-state index contributed by atoms with van der Waals surface area (Å²) in [5.41, 5.74) is 8.80. The molecule has 0 amide bonds. The standard InChI is InChI=1S/C17H20FNO/c1-12-6-3-4-7-15(12)11-20-17-14(10-13(2)19)8-5-9-16(17)18/h3-9,13H,10-11,19H2,1-2H3. The number of halogens is 1. The van der Waals surface area contributed by atoms with Crippen LogP contribution in [0.3, 0.4) is 0 Å². The molecule has 0 heterocycles. The summed E-state index contributed by atoms with van der Waals surface area (Å²) in [7, 11) is 0. The van der Waals surface area contributed by atoms with Gasteiger partial charge < -0.3 is 10.5 Å². The summed E-state index contributed by atoms with van der Waals surface area (Å²) in [5.74, 6) is -0.0233. The Morgan fingerprint density at radius 3 is 2.50 bits per heavy atom. The second-order valence-corrected chi connectivity index (χ2v) is 5.12. The molecule has 2 N–H and O–H groups in total. The molecule has 0 saturated carbocycles. The SMILES string of the molecule is Cc1ccccc1COc1c(F)cccc1CC(C)N. The molecule has 106 valence electrons. The molecule has 2 nitrogen and oxygen atoms in total. The number of hydrogen-bond donors (Lipinski definition) is 1. The van der Waals surface area contributed by atoms with E-state index in [0.29, 0.717) is 18.8 Å². The van der Waals surface area contributed by atoms with E-state index in [9.17, 15) is 4.39 Å². The first kappa shape index (κ1) is 14.5. The van der Waals surface area contributed by atoms with Crippen molar-refractivity contribution in [1.29, 1.82) is 0 Å². The minimum atomic E-state index is -0.336. The van der Waals surface area contributed by atoms with E-state index in [1.54, 1.807) is 6.07 Å². The average Bonchev–Trinajstić information content (AvgIpc) is 2.39. The first-order valence-electron chi connectivity index (χ1n) is 6.78. The van der Waals surface area contributed by atoms with Crippen molar-refractivity contribution in [3.8, 4) is 5.75 Å². The van der Waals surface area contributed by atoms with E-state index in [0.717, 1.165) is 16.7 Å². The number of nitrogens with two attached hydrogens (primary N) is 1. The van der Waals surface area contributed by atoms with Gasteiger partial charge in [0.2, 0.25) is 0 Å². The van der Waals surface area contributed by atoms with Crippen LogP contribution >= 0.6 is 0 Å². The van der Waals surface area contributed by atoms with Gasteiger partial charge in [0.25, 0.3) is 0 Å². The fourth-order valence-electron chi connectivity index (χ4n) is 2.14. The van der Waals surface area contributed by atoms with Crippen molar-refractivity contribution in [1.82, 2.24) is 0 Å². The predicted octanol–water partition coefficient (Wildman–Crippen LogP) is 3.60. The van der Waals surface area contributed by atoms with E-state index >= 15 is 0 Å². The molecule has 1 atom stereocenters. The van der Waals surface area contributed by atoms with Crippen LogP contribution in [0.2, 0.25) is 0 Å². The number of para-hydroxylation sites is 1. The highest BCUT2D eigenvalue weighted by molar-refractivity contribution is 5.36. The summed E-state index contributed by atoms with van der Waals surface area (Å²) in [6.45, 7) is 4.28. The fraction of sp³-hybridized carbons (Fsp3) is 0.294. The highest BCUT2D eigenvalue weighted by atomic mass is 19.1. The van der Waals surface area contributed by atoms with Gasteiger partial charge in [0.1, 0.15) is 6.61 Å². The molecule has 0 aliphatic rings. The van der Waals surface area contributed by atoms with E-state index in [-0.39, 0.29) is 11.9 Å². The van der Waals surface area contributed by atoms with Gasteiger partial charge in [-0.3, -0.25) is 0 Å². The lowest BCUT2D eigenvalue weighted by atomic mass is 10.1. The average molecular weight is 273 g/mol. The number of aryl methyl sites for hydroxylation is 1. The number of benzene rings is 2. The van der Waals surface area contributed by atoms with Crippen molar-refractivity contribution >= 4 is 0 Å². The van der Waals surface area contributed by atoms with E-state index in [1.807, 2.05) is 44.2 Å². The third kappa shape index (κ3) is 3.58. The Balaban J connectivity index is 2.18. The lowest BCUT2D eigenvalue weighted by molar-refractivity contribution is 0.285. The molecule has 0 bridgehead atoms. The normalized spacial score (nSPS) is 12.2. The van der Waals surface area contributed by atoms with Gasteiger partial charge >= 0.3 is 0 Å². The second-order valence-electron chi connectivity index (χ2n) is 5.12. The van der Waals surface area contributed by atoms with Crippen molar-refractivity contribution in [2.45, 2.75) is 32.9 Å². The molecule has 20 heavy (non-hydrogen) atoms. The molecule has 0 aliphatic heterocycles. The van der Waals surface area contributed by atoms with Gasteiger partial charge in [-0.15, -0.1) is 0 Å². The number of rotatable bonds is 5. The van der Waals surface area contributed by atoms with E-state index in [4.69, 9.17) is 10.5 Å². The highest BCUT2D eigenvalue weighted by Gasteiger charge is 2.12. The Labute approximate surface area is 119 Å². The summed E-state index contributed by atoms with van der Waals surface area (Å²) >= 11 is 0. The van der Waals surface area contributed by atoms with Crippen LogP contribution < -0.4 is 10.5 Å². The van der Waals surface area contributed by atoms with E-state index in [1.165, 1.54) is 6.07 Å². The minimum Gasteiger partial charge on any atom is -0.486 e. The Hall–Kier alpha value is -1.87. The van der Waals surface area contributed by atoms with Gasteiger partial charge in [-0.1, -0.05) is 36.4 Å². The Kier molecular flexibility index (Phi) is 4.74. The molecule has 0 fully saturated rings. The highest BCUT2D eigenvalue weighted by Crippen LogP contribution is 2.25. The van der Waals surface area contributed by atoms with Crippen LogP contribution in [0.4, 0.5) is 4.39 Å². The first-order valence-corrected chi connectivity index (χ1v) is 6.78. The quantitative estimate of drug-likeness (QED) is 0.903. The van der Waals surface area contributed by atoms with Gasteiger partial charge in [0.15, 0.2) is 11.6 Å². The second kappa shape index (κ2) is 6.53. The van der Waals surface area contributed by atoms with Crippen LogP contribution in [0.25, 0.3) is 0 Å². The molecule has 0 aliphatic carbocycles. The molecule has 0 aromatic heterocycles. The molecule has 0 radical (unpaired) electrons. The summed E-state index contributed by atoms with van der Waals surface area (Å²) in [4.78, 5) is 0. The van der Waals surface area contributed by atoms with Crippen LogP contribution in [0.5, 0.6) is 5.75 Å². The maximum atomic E-state index is 13.9. The zero-order chi connectivity index (χ0) is 14.5. The van der Waals surface area contributed by atoms with E-state index in [2.05, 4.69) is 0 Å². The van der Waals surface area contributed by atoms with Crippen LogP contribution in [-0.2, 0) is 13.0 Å². The molecule has 2 rings (SSSR count). The van der Waals surface area contributed by atoms with Gasteiger partial charge in [-0.05, 0) is 43.0 Å². The molecular weight excluding hydrogens is 253 g/mol. The summed E-state index contributed by atoms with van der Waals surface area (Å²) < 4.78 is 19.6. The summed E-state index contributed by atoms with van der Waals surface area (Å²) in [5, 5.41) is 0. The monoisotopic (exact) mass is 273 g/mol. The maximum Gasteiger partial charge on any atom is 0.165 e. The molecule has 2 aromatic carbocycles. The largest absolute Gasteiger partial charge is 0.486 e. The summed E-state index contributed by atoms with van der Waals surface area (Å²) in [6, 6.07) is 12.9. The minimum absolute atomic E-state index is 0.0300. The topological polar surface area (TPSA) is 35.2 Å². The summed E-state index contributed by atoms with van der Waals surface area (Å²) in [6.07, 6.45) is 0.598. The smallest absolute Gasteiger partial charge is 0.165 e. The molecular formula is C17H20FNO. The van der Waals surface area contributed by atoms with Crippen molar-refractivity contribution < 1.29 is 9.13 Å². The lowest BCUT2D eigenvalue weighted by Crippen LogP contribution is -2.18. The van der Waals surface area contributed by atoms with Crippen molar-refractivity contribution in [2.24, 2.45) is 5.73 Å². The maximum absolute atomic E-state index is 13.9. The molecule has 0 spiro atoms. The lowest BCUT2D eigenvalue weighted by Gasteiger charge is -2.14. The van der Waals surface area contributed by atoms with Crippen molar-refractivity contribution in [3.63, 3.8) is 0 Å². The van der Waals surface area contributed by atoms with Crippen LogP contribution in [0.15, 0.2) is 42.5 Å². The number of hydrogen-bond acceptors (Lipinski definition) is 2. The third-order valence-corrected chi connectivity index (χ3v) is 3.22. The Morgan fingerprint density at radius 1 is 1.10 bits per heavy atom. The Bertz CT molecular complexity index is 581. The van der Waals surface area contributed by atoms with E-state index < -0.39 is 0 Å². The molecule has 0 saturated heterocycles. The zero-order valence-corrected chi connectivity index (χ0v) is 11.9. The third-order valence-electron chi connectivity index (χ3n) is 3.22. The van der Waals surface area contributed by atoms with Gasteiger partial charge in [-0.25, -0.2) is 4.39 Å². The Morgan fingerprint density at radius 2 is 1.80 bits per heavy atom. The molecule has 2 aromatic rings. The predicted molar refractivity (Wildman–Crippen MR) is 79.3 cm³/mol.